The highest BCUT2D eigenvalue weighted by molar-refractivity contribution is 5.79. The summed E-state index contributed by atoms with van der Waals surface area (Å²) < 4.78 is 0. The minimum Gasteiger partial charge on any atom is -0.352 e. The number of hydrogen-bond donors (Lipinski definition) is 3. The molecule has 0 radical (unpaired) electrons. The molecule has 0 saturated carbocycles. The number of carbonyl (C=O) groups is 1. The highest BCUT2D eigenvalue weighted by Crippen LogP contribution is 2.20. The van der Waals surface area contributed by atoms with Gasteiger partial charge in [0.2, 0.25) is 5.91 Å². The molecule has 2 atom stereocenters. The summed E-state index contributed by atoms with van der Waals surface area (Å²) in [6.45, 7) is 4.17. The first-order valence-electron chi connectivity index (χ1n) is 8.12. The highest BCUT2D eigenvalue weighted by atomic mass is 16.1. The van der Waals surface area contributed by atoms with Crippen molar-refractivity contribution in [2.75, 3.05) is 0 Å². The van der Waals surface area contributed by atoms with Crippen LogP contribution < -0.4 is 11.1 Å². The van der Waals surface area contributed by atoms with Crippen LogP contribution in [0, 0.1) is 5.92 Å². The number of rotatable bonds is 5. The van der Waals surface area contributed by atoms with Gasteiger partial charge in [0.15, 0.2) is 0 Å². The molecule has 0 aliphatic carbocycles. The summed E-state index contributed by atoms with van der Waals surface area (Å²) in [5, 5.41) is 2.92. The van der Waals surface area contributed by atoms with Gasteiger partial charge in [0.1, 0.15) is 5.82 Å². The predicted octanol–water partition coefficient (Wildman–Crippen LogP) is 2.83. The Morgan fingerprint density at radius 3 is 2.54 bits per heavy atom. The van der Waals surface area contributed by atoms with Crippen LogP contribution in [0.2, 0.25) is 0 Å². The number of nitrogens with two attached hydrogens (primary N) is 1. The van der Waals surface area contributed by atoms with Crippen LogP contribution >= 0.6 is 0 Å². The third kappa shape index (κ3) is 3.46. The molecule has 1 heterocycles. The fourth-order valence-corrected chi connectivity index (χ4v) is 2.46. The summed E-state index contributed by atoms with van der Waals surface area (Å²) in [7, 11) is 0. The summed E-state index contributed by atoms with van der Waals surface area (Å²) >= 11 is 0. The molecule has 0 aliphatic rings. The Balaban J connectivity index is 1.68. The molecule has 5 heteroatoms. The largest absolute Gasteiger partial charge is 0.352 e. The second-order valence-corrected chi connectivity index (χ2v) is 6.17. The van der Waals surface area contributed by atoms with Crippen LogP contribution in [-0.2, 0) is 11.3 Å². The average Bonchev–Trinajstić information content (AvgIpc) is 3.03. The lowest BCUT2D eigenvalue weighted by Gasteiger charge is -2.15. The van der Waals surface area contributed by atoms with Crippen LogP contribution in [0.4, 0.5) is 0 Å². The van der Waals surface area contributed by atoms with Crippen molar-refractivity contribution in [2.24, 2.45) is 11.7 Å². The number of benzene rings is 2. The van der Waals surface area contributed by atoms with Gasteiger partial charge in [0.25, 0.3) is 0 Å². The van der Waals surface area contributed by atoms with E-state index >= 15 is 0 Å². The van der Waals surface area contributed by atoms with Gasteiger partial charge in [-0.1, -0.05) is 43.3 Å². The van der Waals surface area contributed by atoms with Gasteiger partial charge in [-0.15, -0.1) is 0 Å². The van der Waals surface area contributed by atoms with Crippen molar-refractivity contribution in [3.05, 3.63) is 54.1 Å². The van der Waals surface area contributed by atoms with Crippen LogP contribution in [-0.4, -0.2) is 21.9 Å². The Labute approximate surface area is 141 Å². The summed E-state index contributed by atoms with van der Waals surface area (Å²) in [6.07, 6.45) is 0. The van der Waals surface area contributed by atoms with Gasteiger partial charge in [-0.3, -0.25) is 4.79 Å². The second-order valence-electron chi connectivity index (χ2n) is 6.17. The molecule has 24 heavy (non-hydrogen) atoms. The fourth-order valence-electron chi connectivity index (χ4n) is 2.46. The lowest BCUT2D eigenvalue weighted by molar-refractivity contribution is -0.125. The molecule has 3 rings (SSSR count). The van der Waals surface area contributed by atoms with E-state index in [-0.39, 0.29) is 17.9 Å². The summed E-state index contributed by atoms with van der Waals surface area (Å²) in [5.74, 6) is 0.628. The molecule has 0 aliphatic heterocycles. The molecule has 0 spiro atoms. The lowest BCUT2D eigenvalue weighted by Crippen LogP contribution is -2.38. The number of aromatic amines is 1. The number of para-hydroxylation sites is 2. The first-order chi connectivity index (χ1) is 11.5. The first kappa shape index (κ1) is 16.2. The monoisotopic (exact) mass is 322 g/mol. The standard InChI is InChI=1S/C19H22N4O/c1-12(13(2)20)19(24)21-11-14-7-9-15(10-8-14)18-22-16-5-3-4-6-17(16)23-18/h3-10,12-13H,11,20H2,1-2H3,(H,21,24)(H,22,23). The maximum absolute atomic E-state index is 11.9. The number of nitrogens with zero attached hydrogens (tertiary/aromatic N) is 1. The van der Waals surface area contributed by atoms with E-state index < -0.39 is 0 Å². The number of fused-ring (bicyclic) bond motifs is 1. The number of nitrogens with one attached hydrogen (secondary N) is 2. The van der Waals surface area contributed by atoms with E-state index in [1.165, 1.54) is 0 Å². The molecule has 0 bridgehead atoms. The van der Waals surface area contributed by atoms with Gasteiger partial charge in [0.05, 0.1) is 11.0 Å². The Kier molecular flexibility index (Phi) is 4.62. The van der Waals surface area contributed by atoms with Crippen LogP contribution in [0.1, 0.15) is 19.4 Å². The molecular formula is C19H22N4O. The first-order valence-corrected chi connectivity index (χ1v) is 8.12. The summed E-state index contributed by atoms with van der Waals surface area (Å²) in [6, 6.07) is 15.8. The molecule has 3 aromatic rings. The van der Waals surface area contributed by atoms with Crippen LogP contribution in [0.25, 0.3) is 22.4 Å². The van der Waals surface area contributed by atoms with Gasteiger partial charge in [0, 0.05) is 24.1 Å². The maximum atomic E-state index is 11.9. The molecule has 124 valence electrons. The number of H-pyrrole nitrogens is 1. The van der Waals surface area contributed by atoms with Gasteiger partial charge in [-0.25, -0.2) is 4.98 Å². The van der Waals surface area contributed by atoms with E-state index in [9.17, 15) is 4.79 Å². The summed E-state index contributed by atoms with van der Waals surface area (Å²) in [5.41, 5.74) is 9.79. The Bertz CT molecular complexity index is 803. The molecule has 4 N–H and O–H groups in total. The molecule has 1 amide bonds. The third-order valence-corrected chi connectivity index (χ3v) is 4.29. The Morgan fingerprint density at radius 1 is 1.17 bits per heavy atom. The number of imidazole rings is 1. The topological polar surface area (TPSA) is 83.8 Å². The van der Waals surface area contributed by atoms with Crippen LogP contribution in [0.15, 0.2) is 48.5 Å². The van der Waals surface area contributed by atoms with E-state index in [1.54, 1.807) is 0 Å². The zero-order valence-electron chi connectivity index (χ0n) is 13.9. The maximum Gasteiger partial charge on any atom is 0.224 e. The van der Waals surface area contributed by atoms with Gasteiger partial charge >= 0.3 is 0 Å². The minimum absolute atomic E-state index is 0.0219. The third-order valence-electron chi connectivity index (χ3n) is 4.29. The van der Waals surface area contributed by atoms with E-state index in [0.717, 1.165) is 28.0 Å². The van der Waals surface area contributed by atoms with Crippen molar-refractivity contribution >= 4 is 16.9 Å². The Morgan fingerprint density at radius 2 is 1.88 bits per heavy atom. The van der Waals surface area contributed by atoms with E-state index in [4.69, 9.17) is 5.73 Å². The molecule has 5 nitrogen and oxygen atoms in total. The lowest BCUT2D eigenvalue weighted by atomic mass is 10.0. The van der Waals surface area contributed by atoms with Gasteiger partial charge < -0.3 is 16.0 Å². The molecule has 0 fully saturated rings. The quantitative estimate of drug-likeness (QED) is 0.675. The van der Waals surface area contributed by atoms with E-state index in [1.807, 2.05) is 62.4 Å². The molecule has 2 unspecified atom stereocenters. The van der Waals surface area contributed by atoms with Crippen molar-refractivity contribution in [2.45, 2.75) is 26.4 Å². The highest BCUT2D eigenvalue weighted by Gasteiger charge is 2.16. The predicted molar refractivity (Wildman–Crippen MR) is 96.2 cm³/mol. The molecular weight excluding hydrogens is 300 g/mol. The molecule has 0 saturated heterocycles. The minimum atomic E-state index is -0.195. The summed E-state index contributed by atoms with van der Waals surface area (Å²) in [4.78, 5) is 19.8. The number of amides is 1. The van der Waals surface area contributed by atoms with Crippen molar-refractivity contribution in [3.63, 3.8) is 0 Å². The zero-order valence-corrected chi connectivity index (χ0v) is 13.9. The Hall–Kier alpha value is -2.66. The molecule has 2 aromatic carbocycles. The van der Waals surface area contributed by atoms with E-state index in [2.05, 4.69) is 15.3 Å². The number of aromatic nitrogens is 2. The normalized spacial score (nSPS) is 13.6. The second kappa shape index (κ2) is 6.84. The van der Waals surface area contributed by atoms with Gasteiger partial charge in [-0.2, -0.15) is 0 Å². The van der Waals surface area contributed by atoms with Crippen LogP contribution in [0.5, 0.6) is 0 Å². The number of hydrogen-bond acceptors (Lipinski definition) is 3. The van der Waals surface area contributed by atoms with Crippen LogP contribution in [0.3, 0.4) is 0 Å². The van der Waals surface area contributed by atoms with Crippen molar-refractivity contribution in [1.82, 2.24) is 15.3 Å². The SMILES string of the molecule is CC(N)C(C)C(=O)NCc1ccc(-c2nc3ccccc3[nH]2)cc1. The van der Waals surface area contributed by atoms with Gasteiger partial charge in [-0.05, 0) is 24.6 Å². The average molecular weight is 322 g/mol. The van der Waals surface area contributed by atoms with E-state index in [0.29, 0.717) is 6.54 Å². The van der Waals surface area contributed by atoms with Crippen molar-refractivity contribution < 1.29 is 4.79 Å². The van der Waals surface area contributed by atoms with Crippen molar-refractivity contribution in [1.29, 1.82) is 0 Å². The number of carbonyl (C=O) groups excluding carboxylic acids is 1. The zero-order chi connectivity index (χ0) is 17.1. The fraction of sp³-hybridized carbons (Fsp3) is 0.263. The van der Waals surface area contributed by atoms with Crippen molar-refractivity contribution in [3.8, 4) is 11.4 Å². The molecule has 1 aromatic heterocycles. The smallest absolute Gasteiger partial charge is 0.224 e.